The van der Waals surface area contributed by atoms with Crippen molar-refractivity contribution in [1.82, 2.24) is 0 Å². The van der Waals surface area contributed by atoms with E-state index in [1.165, 1.54) is 20.3 Å². The predicted octanol–water partition coefficient (Wildman–Crippen LogP) is 2.31. The highest BCUT2D eigenvalue weighted by atomic mass is 35.5. The molecule has 1 aromatic rings. The number of aldehydes is 1. The van der Waals surface area contributed by atoms with Crippen LogP contribution >= 0.6 is 11.6 Å². The van der Waals surface area contributed by atoms with E-state index in [9.17, 15) is 9.18 Å². The van der Waals surface area contributed by atoms with Crippen molar-refractivity contribution >= 4 is 17.9 Å². The van der Waals surface area contributed by atoms with Crippen LogP contribution in [0.3, 0.4) is 0 Å². The Bertz CT molecular complexity index is 366. The summed E-state index contributed by atoms with van der Waals surface area (Å²) in [5.41, 5.74) is -0.210. The molecule has 3 nitrogen and oxygen atoms in total. The standard InChI is InChI=1S/C9H8ClFO3/c1-13-6-3-7(14-2)8(10)9(11)5(6)4-12/h3-4H,1-2H3. The maximum atomic E-state index is 13.4. The molecule has 0 amide bonds. The van der Waals surface area contributed by atoms with Crippen LogP contribution in [0.25, 0.3) is 0 Å². The first kappa shape index (κ1) is 10.8. The van der Waals surface area contributed by atoms with Crippen LogP contribution in [0, 0.1) is 5.82 Å². The number of carbonyl (C=O) groups is 1. The van der Waals surface area contributed by atoms with E-state index >= 15 is 0 Å². The molecule has 5 heteroatoms. The third kappa shape index (κ3) is 1.65. The van der Waals surface area contributed by atoms with Crippen molar-refractivity contribution in [3.05, 3.63) is 22.5 Å². The molecule has 0 radical (unpaired) electrons. The number of halogens is 2. The molecule has 14 heavy (non-hydrogen) atoms. The molecule has 0 bridgehead atoms. The Morgan fingerprint density at radius 3 is 2.36 bits per heavy atom. The van der Waals surface area contributed by atoms with E-state index in [4.69, 9.17) is 21.1 Å². The van der Waals surface area contributed by atoms with Crippen LogP contribution in [-0.2, 0) is 0 Å². The van der Waals surface area contributed by atoms with Crippen LogP contribution in [0.4, 0.5) is 4.39 Å². The highest BCUT2D eigenvalue weighted by molar-refractivity contribution is 6.32. The molecule has 76 valence electrons. The van der Waals surface area contributed by atoms with Crippen molar-refractivity contribution < 1.29 is 18.7 Å². The zero-order valence-corrected chi connectivity index (χ0v) is 8.39. The molecule has 0 heterocycles. The summed E-state index contributed by atoms with van der Waals surface area (Å²) in [6, 6.07) is 1.36. The van der Waals surface area contributed by atoms with Gasteiger partial charge in [0.25, 0.3) is 0 Å². The second-order valence-corrected chi connectivity index (χ2v) is 2.82. The molecule has 0 aliphatic heterocycles. The smallest absolute Gasteiger partial charge is 0.159 e. The zero-order valence-electron chi connectivity index (χ0n) is 7.64. The molecule has 0 saturated heterocycles. The lowest BCUT2D eigenvalue weighted by molar-refractivity contribution is 0.111. The molecule has 0 unspecified atom stereocenters. The van der Waals surface area contributed by atoms with E-state index in [1.54, 1.807) is 0 Å². The zero-order chi connectivity index (χ0) is 10.7. The third-order valence-electron chi connectivity index (χ3n) is 1.73. The average molecular weight is 219 g/mol. The Morgan fingerprint density at radius 1 is 1.36 bits per heavy atom. The second kappa shape index (κ2) is 4.28. The lowest BCUT2D eigenvalue weighted by atomic mass is 10.2. The fourth-order valence-electron chi connectivity index (χ4n) is 1.02. The molecule has 1 rings (SSSR count). The quantitative estimate of drug-likeness (QED) is 0.731. The summed E-state index contributed by atoms with van der Waals surface area (Å²) >= 11 is 5.59. The monoisotopic (exact) mass is 218 g/mol. The largest absolute Gasteiger partial charge is 0.496 e. The number of hydrogen-bond acceptors (Lipinski definition) is 3. The van der Waals surface area contributed by atoms with E-state index in [0.717, 1.165) is 0 Å². The summed E-state index contributed by atoms with van der Waals surface area (Å²) in [5, 5.41) is -0.226. The van der Waals surface area contributed by atoms with Gasteiger partial charge in [0.2, 0.25) is 0 Å². The number of ether oxygens (including phenoxy) is 2. The van der Waals surface area contributed by atoms with E-state index < -0.39 is 5.82 Å². The highest BCUT2D eigenvalue weighted by Crippen LogP contribution is 2.34. The highest BCUT2D eigenvalue weighted by Gasteiger charge is 2.17. The lowest BCUT2D eigenvalue weighted by Crippen LogP contribution is -1.98. The van der Waals surface area contributed by atoms with Gasteiger partial charge in [-0.05, 0) is 0 Å². The molecule has 0 aliphatic carbocycles. The summed E-state index contributed by atoms with van der Waals surface area (Å²) in [6.45, 7) is 0. The minimum Gasteiger partial charge on any atom is -0.496 e. The fraction of sp³-hybridized carbons (Fsp3) is 0.222. The van der Waals surface area contributed by atoms with Gasteiger partial charge in [-0.1, -0.05) is 11.6 Å². The second-order valence-electron chi connectivity index (χ2n) is 2.44. The molecule has 0 spiro atoms. The maximum absolute atomic E-state index is 13.4. The topological polar surface area (TPSA) is 35.5 Å². The van der Waals surface area contributed by atoms with E-state index in [2.05, 4.69) is 0 Å². The van der Waals surface area contributed by atoms with Gasteiger partial charge in [-0.2, -0.15) is 0 Å². The molecule has 1 aromatic carbocycles. The summed E-state index contributed by atoms with van der Waals surface area (Å²) < 4.78 is 23.0. The first-order chi connectivity index (χ1) is 6.65. The summed E-state index contributed by atoms with van der Waals surface area (Å²) in [4.78, 5) is 10.5. The maximum Gasteiger partial charge on any atom is 0.159 e. The molecule has 0 saturated carbocycles. The number of benzene rings is 1. The van der Waals surface area contributed by atoms with Gasteiger partial charge >= 0.3 is 0 Å². The summed E-state index contributed by atoms with van der Waals surface area (Å²) in [6.07, 6.45) is 0.347. The molecule has 0 fully saturated rings. The first-order valence-corrected chi connectivity index (χ1v) is 4.08. The van der Waals surface area contributed by atoms with Gasteiger partial charge in [0.1, 0.15) is 16.5 Å². The van der Waals surface area contributed by atoms with Crippen LogP contribution in [0.1, 0.15) is 10.4 Å². The molecule has 0 N–H and O–H groups in total. The third-order valence-corrected chi connectivity index (χ3v) is 2.08. The number of methoxy groups -OCH3 is 2. The minimum atomic E-state index is -0.835. The Hall–Kier alpha value is -1.29. The van der Waals surface area contributed by atoms with Gasteiger partial charge in [-0.25, -0.2) is 4.39 Å². The number of carbonyl (C=O) groups excluding carboxylic acids is 1. The fourth-order valence-corrected chi connectivity index (χ4v) is 1.26. The Morgan fingerprint density at radius 2 is 1.93 bits per heavy atom. The SMILES string of the molecule is COc1cc(OC)c(C=O)c(F)c1Cl. The summed E-state index contributed by atoms with van der Waals surface area (Å²) in [7, 11) is 2.68. The van der Waals surface area contributed by atoms with Gasteiger partial charge in [0.15, 0.2) is 12.1 Å². The van der Waals surface area contributed by atoms with E-state index in [-0.39, 0.29) is 22.1 Å². The molecular formula is C9H8ClFO3. The average Bonchev–Trinajstić information content (AvgIpc) is 2.21. The van der Waals surface area contributed by atoms with Gasteiger partial charge < -0.3 is 9.47 Å². The molecular weight excluding hydrogens is 211 g/mol. The Kier molecular flexibility index (Phi) is 3.30. The van der Waals surface area contributed by atoms with Crippen molar-refractivity contribution in [1.29, 1.82) is 0 Å². The van der Waals surface area contributed by atoms with Crippen LogP contribution < -0.4 is 9.47 Å². The lowest BCUT2D eigenvalue weighted by Gasteiger charge is -2.09. The predicted molar refractivity (Wildman–Crippen MR) is 49.9 cm³/mol. The van der Waals surface area contributed by atoms with Crippen LogP contribution in [-0.4, -0.2) is 20.5 Å². The molecule has 0 atom stereocenters. The Balaban J connectivity index is 3.45. The number of hydrogen-bond donors (Lipinski definition) is 0. The Labute approximate surface area is 85.4 Å². The number of rotatable bonds is 3. The summed E-state index contributed by atoms with van der Waals surface area (Å²) in [5.74, 6) is -0.608. The van der Waals surface area contributed by atoms with E-state index in [0.29, 0.717) is 6.29 Å². The van der Waals surface area contributed by atoms with Crippen LogP contribution in [0.15, 0.2) is 6.07 Å². The van der Waals surface area contributed by atoms with Crippen molar-refractivity contribution in [2.75, 3.05) is 14.2 Å². The molecule has 0 aromatic heterocycles. The van der Waals surface area contributed by atoms with E-state index in [1.807, 2.05) is 0 Å². The van der Waals surface area contributed by atoms with Crippen molar-refractivity contribution in [3.63, 3.8) is 0 Å². The van der Waals surface area contributed by atoms with Gasteiger partial charge in [0.05, 0.1) is 19.8 Å². The van der Waals surface area contributed by atoms with Gasteiger partial charge in [-0.3, -0.25) is 4.79 Å². The van der Waals surface area contributed by atoms with Crippen molar-refractivity contribution in [2.45, 2.75) is 0 Å². The normalized spacial score (nSPS) is 9.71. The first-order valence-electron chi connectivity index (χ1n) is 3.70. The van der Waals surface area contributed by atoms with Crippen LogP contribution in [0.5, 0.6) is 11.5 Å². The van der Waals surface area contributed by atoms with Crippen LogP contribution in [0.2, 0.25) is 5.02 Å². The van der Waals surface area contributed by atoms with Crippen molar-refractivity contribution in [2.24, 2.45) is 0 Å². The molecule has 0 aliphatic rings. The van der Waals surface area contributed by atoms with Gasteiger partial charge in [-0.15, -0.1) is 0 Å². The van der Waals surface area contributed by atoms with Crippen molar-refractivity contribution in [3.8, 4) is 11.5 Å². The minimum absolute atomic E-state index is 0.0961. The van der Waals surface area contributed by atoms with Gasteiger partial charge in [0, 0.05) is 6.07 Å².